The van der Waals surface area contributed by atoms with Gasteiger partial charge in [0.1, 0.15) is 0 Å². The van der Waals surface area contributed by atoms with Crippen LogP contribution in [0, 0.1) is 28.6 Å². The first-order valence-corrected chi connectivity index (χ1v) is 13.1. The Labute approximate surface area is 214 Å². The average molecular weight is 524 g/mol. The number of fused-ring (bicyclic) bond motifs is 5. The number of carbonyl (C=O) groups excluding carboxylic acids is 2. The summed E-state index contributed by atoms with van der Waals surface area (Å²) in [4.78, 5) is 27.0. The summed E-state index contributed by atoms with van der Waals surface area (Å²) in [5.41, 5.74) is -1.44. The number of nitrogens with one attached hydrogen (secondary N) is 2. The van der Waals surface area contributed by atoms with E-state index >= 15 is 0 Å². The first kappa shape index (κ1) is 25.4. The molecule has 2 N–H and O–H groups in total. The van der Waals surface area contributed by atoms with Crippen LogP contribution in [-0.4, -0.2) is 36.0 Å². The predicted molar refractivity (Wildman–Crippen MR) is 132 cm³/mol. The van der Waals surface area contributed by atoms with Gasteiger partial charge in [-0.1, -0.05) is 31.5 Å². The van der Waals surface area contributed by atoms with Gasteiger partial charge in [-0.3, -0.25) is 4.79 Å². The Morgan fingerprint density at radius 3 is 2.58 bits per heavy atom. The van der Waals surface area contributed by atoms with Crippen LogP contribution in [0.4, 0.5) is 23.7 Å². The van der Waals surface area contributed by atoms with Crippen molar-refractivity contribution in [2.24, 2.45) is 28.6 Å². The van der Waals surface area contributed by atoms with E-state index in [0.717, 1.165) is 44.6 Å². The molecule has 0 aromatic heterocycles. The van der Waals surface area contributed by atoms with Crippen LogP contribution >= 0.6 is 11.6 Å². The van der Waals surface area contributed by atoms with Gasteiger partial charge in [-0.25, -0.2) is 4.79 Å². The SMILES string of the molecule is CN1C(=O)C=C[C@]2(C)[C@H]3CC[C@]4(C)[C@@H](NC(=O)Nc5ccc(Cl)cc5C(F)(F)F)CC[C@H]4[C@@H]3CC[C@@H]12. The van der Waals surface area contributed by atoms with Gasteiger partial charge in [0, 0.05) is 29.6 Å². The molecule has 196 valence electrons. The number of urea groups is 1. The summed E-state index contributed by atoms with van der Waals surface area (Å²) in [6.45, 7) is 4.52. The normalized spacial score (nSPS) is 37.7. The zero-order valence-corrected chi connectivity index (χ0v) is 21.5. The third kappa shape index (κ3) is 4.00. The average Bonchev–Trinajstić information content (AvgIpc) is 3.13. The lowest BCUT2D eigenvalue weighted by Gasteiger charge is -2.60. The van der Waals surface area contributed by atoms with Crippen molar-refractivity contribution < 1.29 is 22.8 Å². The van der Waals surface area contributed by atoms with Crippen LogP contribution in [0.25, 0.3) is 0 Å². The van der Waals surface area contributed by atoms with E-state index in [9.17, 15) is 22.8 Å². The zero-order valence-electron chi connectivity index (χ0n) is 20.8. The van der Waals surface area contributed by atoms with Gasteiger partial charge in [0.15, 0.2) is 0 Å². The van der Waals surface area contributed by atoms with Crippen LogP contribution in [0.5, 0.6) is 0 Å². The van der Waals surface area contributed by atoms with Crippen molar-refractivity contribution in [3.63, 3.8) is 0 Å². The van der Waals surface area contributed by atoms with Crippen molar-refractivity contribution in [1.29, 1.82) is 0 Å². The summed E-state index contributed by atoms with van der Waals surface area (Å²) < 4.78 is 40.4. The minimum absolute atomic E-state index is 0.0389. The molecule has 1 aromatic rings. The molecule has 1 heterocycles. The third-order valence-corrected chi connectivity index (χ3v) is 10.2. The number of hydrogen-bond donors (Lipinski definition) is 2. The number of alkyl halides is 3. The monoisotopic (exact) mass is 523 g/mol. The van der Waals surface area contributed by atoms with Crippen molar-refractivity contribution in [2.45, 2.75) is 70.6 Å². The van der Waals surface area contributed by atoms with Gasteiger partial charge >= 0.3 is 12.2 Å². The predicted octanol–water partition coefficient (Wildman–Crippen LogP) is 6.49. The summed E-state index contributed by atoms with van der Waals surface area (Å²) in [6.07, 6.45) is 4.98. The van der Waals surface area contributed by atoms with Gasteiger partial charge in [-0.05, 0) is 86.0 Å². The highest BCUT2D eigenvalue weighted by Gasteiger charge is 2.60. The van der Waals surface area contributed by atoms with Crippen molar-refractivity contribution in [3.05, 3.63) is 40.9 Å². The molecule has 5 nitrogen and oxygen atoms in total. The molecule has 1 aromatic carbocycles. The molecule has 0 bridgehead atoms. The summed E-state index contributed by atoms with van der Waals surface area (Å²) in [5, 5.41) is 5.40. The topological polar surface area (TPSA) is 61.4 Å². The first-order valence-electron chi connectivity index (χ1n) is 12.7. The molecule has 3 amide bonds. The maximum atomic E-state index is 13.5. The second kappa shape index (κ2) is 8.67. The van der Waals surface area contributed by atoms with Gasteiger partial charge in [0.05, 0.1) is 11.3 Å². The highest BCUT2D eigenvalue weighted by Crippen LogP contribution is 2.63. The van der Waals surface area contributed by atoms with Gasteiger partial charge < -0.3 is 15.5 Å². The minimum atomic E-state index is -4.63. The van der Waals surface area contributed by atoms with Crippen molar-refractivity contribution >= 4 is 29.2 Å². The lowest BCUT2D eigenvalue weighted by Crippen LogP contribution is -2.60. The van der Waals surface area contributed by atoms with Crippen molar-refractivity contribution in [1.82, 2.24) is 10.2 Å². The molecule has 4 aliphatic rings. The molecule has 0 saturated heterocycles. The van der Waals surface area contributed by atoms with Crippen LogP contribution in [0.2, 0.25) is 5.02 Å². The van der Waals surface area contributed by atoms with Crippen LogP contribution in [0.15, 0.2) is 30.4 Å². The summed E-state index contributed by atoms with van der Waals surface area (Å²) in [6, 6.07) is 2.83. The van der Waals surface area contributed by atoms with Crippen LogP contribution in [-0.2, 0) is 11.0 Å². The molecule has 7 atom stereocenters. The molecular formula is C27H33ClF3N3O2. The maximum absolute atomic E-state index is 13.5. The molecule has 36 heavy (non-hydrogen) atoms. The van der Waals surface area contributed by atoms with Crippen molar-refractivity contribution in [2.75, 3.05) is 12.4 Å². The Hall–Kier alpha value is -2.22. The standard InChI is InChI=1S/C27H33ClF3N3O2/c1-25-12-10-18-16(5-9-22-26(18,2)13-11-23(35)34(22)3)17(25)6-8-21(25)33-24(36)32-20-7-4-15(28)14-19(20)27(29,30)31/h4,7,11,13-14,16-18,21-22H,5-6,8-10,12H2,1-3H3,(H2,32,33,36)/t16-,17-,18-,21-,22+,25-,26+/m0/s1. The van der Waals surface area contributed by atoms with E-state index < -0.39 is 17.8 Å². The Bertz CT molecular complexity index is 1110. The fraction of sp³-hybridized carbons (Fsp3) is 0.630. The molecule has 0 radical (unpaired) electrons. The van der Waals surface area contributed by atoms with Crippen LogP contribution < -0.4 is 10.6 Å². The number of anilines is 1. The number of benzene rings is 1. The molecule has 0 spiro atoms. The highest BCUT2D eigenvalue weighted by molar-refractivity contribution is 6.30. The number of rotatable bonds is 2. The zero-order chi connectivity index (χ0) is 26.0. The molecular weight excluding hydrogens is 491 g/mol. The molecule has 9 heteroatoms. The quantitative estimate of drug-likeness (QED) is 0.465. The molecule has 3 aliphatic carbocycles. The van der Waals surface area contributed by atoms with Gasteiger partial charge in [0.25, 0.3) is 0 Å². The fourth-order valence-corrected chi connectivity index (χ4v) is 8.32. The lowest BCUT2D eigenvalue weighted by molar-refractivity contribution is -0.138. The van der Waals surface area contributed by atoms with Gasteiger partial charge in [-0.2, -0.15) is 13.2 Å². The van der Waals surface area contributed by atoms with E-state index in [4.69, 9.17) is 11.6 Å². The van der Waals surface area contributed by atoms with Crippen LogP contribution in [0.1, 0.15) is 57.9 Å². The number of likely N-dealkylation sites (N-methyl/N-ethyl adjacent to an activating group) is 1. The smallest absolute Gasteiger partial charge is 0.338 e. The van der Waals surface area contributed by atoms with Crippen molar-refractivity contribution in [3.8, 4) is 0 Å². The van der Waals surface area contributed by atoms with E-state index in [1.54, 1.807) is 6.08 Å². The Morgan fingerprint density at radius 2 is 1.86 bits per heavy atom. The number of hydrogen-bond acceptors (Lipinski definition) is 2. The Kier molecular flexibility index (Phi) is 6.13. The van der Waals surface area contributed by atoms with E-state index in [1.807, 2.05) is 11.9 Å². The lowest BCUT2D eigenvalue weighted by atomic mass is 9.48. The minimum Gasteiger partial charge on any atom is -0.338 e. The summed E-state index contributed by atoms with van der Waals surface area (Å²) in [7, 11) is 1.90. The van der Waals surface area contributed by atoms with E-state index in [0.29, 0.717) is 17.8 Å². The third-order valence-electron chi connectivity index (χ3n) is 9.97. The molecule has 3 fully saturated rings. The van der Waals surface area contributed by atoms with Gasteiger partial charge in [0.2, 0.25) is 5.91 Å². The highest BCUT2D eigenvalue weighted by atomic mass is 35.5. The summed E-state index contributed by atoms with van der Waals surface area (Å²) >= 11 is 5.76. The summed E-state index contributed by atoms with van der Waals surface area (Å²) in [5.74, 6) is 1.47. The molecule has 3 saturated carbocycles. The van der Waals surface area contributed by atoms with E-state index in [-0.39, 0.29) is 39.5 Å². The number of carbonyl (C=O) groups is 2. The van der Waals surface area contributed by atoms with Crippen LogP contribution in [0.3, 0.4) is 0 Å². The Morgan fingerprint density at radius 1 is 1.11 bits per heavy atom. The second-order valence-corrected chi connectivity index (χ2v) is 12.0. The first-order chi connectivity index (χ1) is 16.8. The molecule has 5 rings (SSSR count). The number of halogens is 4. The fourth-order valence-electron chi connectivity index (χ4n) is 8.15. The van der Waals surface area contributed by atoms with Gasteiger partial charge in [-0.15, -0.1) is 0 Å². The van der Waals surface area contributed by atoms with E-state index in [1.165, 1.54) is 12.1 Å². The molecule has 0 unspecified atom stereocenters. The van der Waals surface area contributed by atoms with E-state index in [2.05, 4.69) is 30.6 Å². The number of amides is 3. The number of nitrogens with zero attached hydrogens (tertiary/aromatic N) is 1. The largest absolute Gasteiger partial charge is 0.418 e. The maximum Gasteiger partial charge on any atom is 0.418 e. The second-order valence-electron chi connectivity index (χ2n) is 11.6. The molecule has 1 aliphatic heterocycles. The Balaban J connectivity index is 1.31.